The molecule has 1 N–H and O–H groups in total. The van der Waals surface area contributed by atoms with Crippen molar-refractivity contribution in [2.24, 2.45) is 0 Å². The van der Waals surface area contributed by atoms with Crippen LogP contribution in [0.15, 0.2) is 82.2 Å². The first kappa shape index (κ1) is 30.3. The lowest BCUT2D eigenvalue weighted by molar-refractivity contribution is -0.140. The van der Waals surface area contributed by atoms with E-state index in [0.29, 0.717) is 0 Å². The number of sulfonamides is 1. The van der Waals surface area contributed by atoms with E-state index >= 15 is 0 Å². The molecule has 0 unspecified atom stereocenters. The number of anilines is 1. The van der Waals surface area contributed by atoms with Crippen LogP contribution in [0.5, 0.6) is 0 Å². The SMILES string of the molecule is Cc1ccc(S(=O)(=O)N(CC(=O)N(Cc2cccc(Br)c2)[C@H](C)C(=O)NC(C)(C)C)c2ccc(F)cc2)cc1. The minimum absolute atomic E-state index is 0.0118. The van der Waals surface area contributed by atoms with Gasteiger partial charge in [0.2, 0.25) is 11.8 Å². The third-order valence-electron chi connectivity index (χ3n) is 5.91. The second kappa shape index (κ2) is 12.3. The van der Waals surface area contributed by atoms with Crippen molar-refractivity contribution >= 4 is 43.5 Å². The molecule has 1 atom stereocenters. The van der Waals surface area contributed by atoms with Crippen LogP contribution in [0.4, 0.5) is 10.1 Å². The summed E-state index contributed by atoms with van der Waals surface area (Å²) in [6, 6.07) is 17.5. The van der Waals surface area contributed by atoms with Gasteiger partial charge < -0.3 is 10.2 Å². The number of nitrogens with zero attached hydrogens (tertiary/aromatic N) is 2. The molecule has 0 aliphatic carbocycles. The summed E-state index contributed by atoms with van der Waals surface area (Å²) in [6.45, 7) is 8.42. The monoisotopic (exact) mass is 617 g/mol. The Bertz CT molecular complexity index is 1420. The van der Waals surface area contributed by atoms with Gasteiger partial charge in [-0.05, 0) is 88.7 Å². The van der Waals surface area contributed by atoms with E-state index in [9.17, 15) is 22.4 Å². The van der Waals surface area contributed by atoms with Gasteiger partial charge in [0, 0.05) is 16.6 Å². The van der Waals surface area contributed by atoms with Gasteiger partial charge in [0.25, 0.3) is 10.0 Å². The molecule has 0 radical (unpaired) electrons. The molecule has 0 saturated carbocycles. The third kappa shape index (κ3) is 8.12. The maximum atomic E-state index is 13.9. The number of benzene rings is 3. The van der Waals surface area contributed by atoms with E-state index in [0.717, 1.165) is 32.0 Å². The third-order valence-corrected chi connectivity index (χ3v) is 8.19. The van der Waals surface area contributed by atoms with Gasteiger partial charge in [-0.1, -0.05) is 45.8 Å². The number of hydrogen-bond donors (Lipinski definition) is 1. The summed E-state index contributed by atoms with van der Waals surface area (Å²) < 4.78 is 43.0. The molecular formula is C29H33BrFN3O4S. The van der Waals surface area contributed by atoms with E-state index in [1.165, 1.54) is 29.2 Å². The zero-order valence-electron chi connectivity index (χ0n) is 22.6. The summed E-state index contributed by atoms with van der Waals surface area (Å²) in [5, 5.41) is 2.89. The molecule has 3 aromatic rings. The zero-order valence-corrected chi connectivity index (χ0v) is 25.0. The minimum Gasteiger partial charge on any atom is -0.350 e. The minimum atomic E-state index is -4.21. The molecule has 0 spiro atoms. The highest BCUT2D eigenvalue weighted by Gasteiger charge is 2.33. The lowest BCUT2D eigenvalue weighted by Gasteiger charge is -2.33. The topological polar surface area (TPSA) is 86.8 Å². The molecule has 0 aromatic heterocycles. The van der Waals surface area contributed by atoms with Crippen LogP contribution in [0.3, 0.4) is 0 Å². The summed E-state index contributed by atoms with van der Waals surface area (Å²) >= 11 is 3.43. The van der Waals surface area contributed by atoms with Gasteiger partial charge in [-0.15, -0.1) is 0 Å². The standard InChI is InChI=1S/C29H33BrFN3O4S/c1-20-9-15-26(16-10-20)39(37,38)34(25-13-11-24(31)12-14-25)19-27(35)33(18-22-7-6-8-23(30)17-22)21(2)28(36)32-29(3,4)5/h6-17,21H,18-19H2,1-5H3,(H,32,36)/t21-/m1/s1. The summed E-state index contributed by atoms with van der Waals surface area (Å²) in [5.74, 6) is -1.51. The average molecular weight is 619 g/mol. The quantitative estimate of drug-likeness (QED) is 0.347. The van der Waals surface area contributed by atoms with Crippen molar-refractivity contribution < 1.29 is 22.4 Å². The lowest BCUT2D eigenvalue weighted by atomic mass is 10.1. The van der Waals surface area contributed by atoms with Crippen molar-refractivity contribution in [1.29, 1.82) is 0 Å². The fourth-order valence-corrected chi connectivity index (χ4v) is 5.72. The predicted octanol–water partition coefficient (Wildman–Crippen LogP) is 5.42. The number of hydrogen-bond acceptors (Lipinski definition) is 4. The van der Waals surface area contributed by atoms with E-state index in [4.69, 9.17) is 0 Å². The molecule has 208 valence electrons. The van der Waals surface area contributed by atoms with Gasteiger partial charge in [-0.2, -0.15) is 0 Å². The maximum absolute atomic E-state index is 13.9. The van der Waals surface area contributed by atoms with Crippen molar-refractivity contribution in [3.05, 3.63) is 94.2 Å². The summed E-state index contributed by atoms with van der Waals surface area (Å²) in [5.41, 5.74) is 1.21. The van der Waals surface area contributed by atoms with Crippen LogP contribution >= 0.6 is 15.9 Å². The Balaban J connectivity index is 2.03. The Hall–Kier alpha value is -3.24. The van der Waals surface area contributed by atoms with Crippen LogP contribution in [0, 0.1) is 12.7 Å². The molecule has 0 fully saturated rings. The zero-order chi connectivity index (χ0) is 29.0. The van der Waals surface area contributed by atoms with Gasteiger partial charge in [-0.25, -0.2) is 12.8 Å². The number of aryl methyl sites for hydroxylation is 1. The van der Waals surface area contributed by atoms with Crippen LogP contribution in [-0.2, 0) is 26.2 Å². The van der Waals surface area contributed by atoms with Crippen LogP contribution < -0.4 is 9.62 Å². The molecule has 0 heterocycles. The highest BCUT2D eigenvalue weighted by Crippen LogP contribution is 2.25. The van der Waals surface area contributed by atoms with E-state index in [1.54, 1.807) is 19.1 Å². The van der Waals surface area contributed by atoms with E-state index in [1.807, 2.05) is 52.0 Å². The van der Waals surface area contributed by atoms with Crippen LogP contribution in [0.2, 0.25) is 0 Å². The van der Waals surface area contributed by atoms with E-state index in [2.05, 4.69) is 21.2 Å². The molecule has 3 aromatic carbocycles. The van der Waals surface area contributed by atoms with Crippen molar-refractivity contribution in [1.82, 2.24) is 10.2 Å². The average Bonchev–Trinajstić information content (AvgIpc) is 2.85. The van der Waals surface area contributed by atoms with Gasteiger partial charge in [0.1, 0.15) is 18.4 Å². The van der Waals surface area contributed by atoms with Crippen molar-refractivity contribution in [3.63, 3.8) is 0 Å². The fourth-order valence-electron chi connectivity index (χ4n) is 3.86. The largest absolute Gasteiger partial charge is 0.350 e. The van der Waals surface area contributed by atoms with Crippen molar-refractivity contribution in [3.8, 4) is 0 Å². The fraction of sp³-hybridized carbons (Fsp3) is 0.310. The first-order chi connectivity index (χ1) is 18.2. The lowest BCUT2D eigenvalue weighted by Crippen LogP contribution is -2.54. The predicted molar refractivity (Wildman–Crippen MR) is 154 cm³/mol. The van der Waals surface area contributed by atoms with Gasteiger partial charge in [0.05, 0.1) is 10.6 Å². The Morgan fingerprint density at radius 2 is 1.62 bits per heavy atom. The highest BCUT2D eigenvalue weighted by atomic mass is 79.9. The Labute approximate surface area is 238 Å². The first-order valence-corrected chi connectivity index (χ1v) is 14.6. The smallest absolute Gasteiger partial charge is 0.264 e. The van der Waals surface area contributed by atoms with Gasteiger partial charge in [0.15, 0.2) is 0 Å². The van der Waals surface area contributed by atoms with Crippen LogP contribution in [0.25, 0.3) is 0 Å². The van der Waals surface area contributed by atoms with Crippen LogP contribution in [-0.4, -0.2) is 43.3 Å². The molecule has 0 saturated heterocycles. The molecule has 39 heavy (non-hydrogen) atoms. The number of rotatable bonds is 9. The second-order valence-electron chi connectivity index (χ2n) is 10.4. The normalized spacial score (nSPS) is 12.5. The molecule has 7 nitrogen and oxygen atoms in total. The van der Waals surface area contributed by atoms with Gasteiger partial charge >= 0.3 is 0 Å². The number of carbonyl (C=O) groups is 2. The van der Waals surface area contributed by atoms with Crippen molar-refractivity contribution in [2.45, 2.75) is 57.6 Å². The first-order valence-electron chi connectivity index (χ1n) is 12.4. The number of carbonyl (C=O) groups excluding carboxylic acids is 2. The second-order valence-corrected chi connectivity index (χ2v) is 13.1. The van der Waals surface area contributed by atoms with Crippen molar-refractivity contribution in [2.75, 3.05) is 10.8 Å². The number of nitrogens with one attached hydrogen (secondary N) is 1. The molecule has 2 amide bonds. The van der Waals surface area contributed by atoms with E-state index in [-0.39, 0.29) is 23.0 Å². The maximum Gasteiger partial charge on any atom is 0.264 e. The van der Waals surface area contributed by atoms with Gasteiger partial charge in [-0.3, -0.25) is 13.9 Å². The highest BCUT2D eigenvalue weighted by molar-refractivity contribution is 9.10. The Morgan fingerprint density at radius 3 is 2.18 bits per heavy atom. The summed E-state index contributed by atoms with van der Waals surface area (Å²) in [6.07, 6.45) is 0. The summed E-state index contributed by atoms with van der Waals surface area (Å²) in [4.78, 5) is 28.3. The molecule has 0 aliphatic heterocycles. The van der Waals surface area contributed by atoms with Crippen LogP contribution in [0.1, 0.15) is 38.8 Å². The number of amides is 2. The molecule has 0 aliphatic rings. The summed E-state index contributed by atoms with van der Waals surface area (Å²) in [7, 11) is -4.21. The molecule has 10 heteroatoms. The molecular weight excluding hydrogens is 585 g/mol. The Morgan fingerprint density at radius 1 is 1.00 bits per heavy atom. The Kier molecular flexibility index (Phi) is 9.55. The number of halogens is 2. The molecule has 3 rings (SSSR count). The molecule has 0 bridgehead atoms. The van der Waals surface area contributed by atoms with E-state index < -0.39 is 39.9 Å².